The molecule has 0 bridgehead atoms. The Balaban J connectivity index is 2.34. The molecule has 172 valence electrons. The molecule has 1 N–H and O–H groups in total. The molecule has 5 nitrogen and oxygen atoms in total. The van der Waals surface area contributed by atoms with Gasteiger partial charge in [0.2, 0.25) is 0 Å². The molecule has 1 heterocycles. The number of hydrogen-bond donors (Lipinski definition) is 1. The van der Waals surface area contributed by atoms with E-state index in [2.05, 4.69) is 5.32 Å². The number of carbonyl (C=O) groups excluding carboxylic acids is 1. The Morgan fingerprint density at radius 1 is 1.13 bits per heavy atom. The zero-order valence-corrected chi connectivity index (χ0v) is 18.7. The van der Waals surface area contributed by atoms with E-state index in [1.165, 1.54) is 6.08 Å². The average Bonchev–Trinajstić information content (AvgIpc) is 2.76. The van der Waals surface area contributed by atoms with Crippen molar-refractivity contribution in [1.29, 1.82) is 0 Å². The first-order chi connectivity index (χ1) is 13.9. The molecule has 0 radical (unpaired) electrons. The molecular weight excluding hydrogens is 417 g/mol. The lowest BCUT2D eigenvalue weighted by atomic mass is 9.77. The maximum atomic E-state index is 14.0. The number of ether oxygens (including phenoxy) is 1. The van der Waals surface area contributed by atoms with Gasteiger partial charge in [-0.25, -0.2) is 9.18 Å². The minimum atomic E-state index is -4.79. The molecule has 0 atom stereocenters. The number of carbonyl (C=O) groups is 1. The van der Waals surface area contributed by atoms with Gasteiger partial charge in [0.05, 0.1) is 16.8 Å². The van der Waals surface area contributed by atoms with Crippen LogP contribution in [-0.4, -0.2) is 36.6 Å². The third kappa shape index (κ3) is 6.46. The lowest BCUT2D eigenvalue weighted by Crippen LogP contribution is -2.41. The molecule has 0 saturated carbocycles. The van der Waals surface area contributed by atoms with Gasteiger partial charge in [0, 0.05) is 6.54 Å². The summed E-state index contributed by atoms with van der Waals surface area (Å²) in [6.45, 7) is 12.4. The monoisotopic (exact) mass is 445 g/mol. The van der Waals surface area contributed by atoms with Crippen molar-refractivity contribution in [3.05, 3.63) is 40.6 Å². The van der Waals surface area contributed by atoms with E-state index in [1.54, 1.807) is 20.8 Å². The van der Waals surface area contributed by atoms with Crippen LogP contribution in [0.1, 0.15) is 59.6 Å². The van der Waals surface area contributed by atoms with Crippen molar-refractivity contribution < 1.29 is 36.4 Å². The molecule has 1 fully saturated rings. The summed E-state index contributed by atoms with van der Waals surface area (Å²) in [4.78, 5) is 12.1. The number of benzene rings is 1. The van der Waals surface area contributed by atoms with Crippen LogP contribution in [-0.2, 0) is 20.2 Å². The summed E-state index contributed by atoms with van der Waals surface area (Å²) in [5.41, 5.74) is -2.88. The zero-order chi connectivity index (χ0) is 23.8. The van der Waals surface area contributed by atoms with E-state index in [0.29, 0.717) is 11.5 Å². The fraction of sp³-hybridized carbons (Fsp3) is 0.571. The van der Waals surface area contributed by atoms with Crippen LogP contribution in [0, 0.1) is 5.82 Å². The highest BCUT2D eigenvalue weighted by Crippen LogP contribution is 2.39. The van der Waals surface area contributed by atoms with Crippen molar-refractivity contribution in [2.24, 2.45) is 0 Å². The van der Waals surface area contributed by atoms with Gasteiger partial charge in [-0.1, -0.05) is 12.1 Å². The van der Waals surface area contributed by atoms with E-state index in [9.17, 15) is 22.4 Å². The lowest BCUT2D eigenvalue weighted by molar-refractivity contribution is -0.140. The van der Waals surface area contributed by atoms with Gasteiger partial charge in [-0.15, -0.1) is 0 Å². The molecule has 1 aliphatic rings. The van der Waals surface area contributed by atoms with Crippen molar-refractivity contribution in [3.63, 3.8) is 0 Å². The van der Waals surface area contributed by atoms with Crippen LogP contribution in [0.15, 0.2) is 23.7 Å². The average molecular weight is 445 g/mol. The van der Waals surface area contributed by atoms with Crippen LogP contribution >= 0.6 is 0 Å². The molecular formula is C21H28BF4NO4. The van der Waals surface area contributed by atoms with Crippen molar-refractivity contribution in [1.82, 2.24) is 5.32 Å². The van der Waals surface area contributed by atoms with E-state index in [-0.39, 0.29) is 12.1 Å². The number of halogens is 4. The fourth-order valence-electron chi connectivity index (χ4n) is 2.75. The summed E-state index contributed by atoms with van der Waals surface area (Å²) >= 11 is 0. The van der Waals surface area contributed by atoms with Crippen LogP contribution in [0.4, 0.5) is 22.4 Å². The van der Waals surface area contributed by atoms with Gasteiger partial charge in [-0.05, 0) is 71.6 Å². The molecule has 1 aromatic carbocycles. The predicted molar refractivity (Wildman–Crippen MR) is 110 cm³/mol. The van der Waals surface area contributed by atoms with Crippen LogP contribution < -0.4 is 5.32 Å². The second kappa shape index (κ2) is 8.46. The van der Waals surface area contributed by atoms with Gasteiger partial charge in [-0.2, -0.15) is 13.2 Å². The lowest BCUT2D eigenvalue weighted by Gasteiger charge is -2.32. The second-order valence-electron chi connectivity index (χ2n) is 9.40. The van der Waals surface area contributed by atoms with E-state index in [1.807, 2.05) is 27.7 Å². The fourth-order valence-corrected chi connectivity index (χ4v) is 2.75. The Morgan fingerprint density at radius 2 is 1.68 bits per heavy atom. The maximum Gasteiger partial charge on any atom is 0.492 e. The minimum Gasteiger partial charge on any atom is -0.444 e. The Morgan fingerprint density at radius 3 is 2.13 bits per heavy atom. The standard InChI is InChI=1S/C21H28BF4NO4/c1-18(2,3)29-17(28)27-12-14(22-30-19(4,5)20(6,7)31-22)10-13-8-9-15(16(23)11-13)21(24,25)26/h8-11H,12H2,1-7H3,(H,27,28). The molecule has 1 aliphatic heterocycles. The molecule has 10 heteroatoms. The van der Waals surface area contributed by atoms with Gasteiger partial charge in [0.25, 0.3) is 0 Å². The smallest absolute Gasteiger partial charge is 0.444 e. The van der Waals surface area contributed by atoms with E-state index < -0.39 is 47.6 Å². The first kappa shape index (κ1) is 25.2. The summed E-state index contributed by atoms with van der Waals surface area (Å²) in [5, 5.41) is 2.58. The number of amides is 1. The Kier molecular flexibility index (Phi) is 6.88. The van der Waals surface area contributed by atoms with Crippen LogP contribution in [0.2, 0.25) is 0 Å². The Labute approximate surface area is 180 Å². The highest BCUT2D eigenvalue weighted by molar-refractivity contribution is 6.56. The van der Waals surface area contributed by atoms with Crippen LogP contribution in [0.5, 0.6) is 0 Å². The van der Waals surface area contributed by atoms with Gasteiger partial charge in [0.15, 0.2) is 0 Å². The third-order valence-corrected chi connectivity index (χ3v) is 5.04. The minimum absolute atomic E-state index is 0.0750. The highest BCUT2D eigenvalue weighted by Gasteiger charge is 2.52. The van der Waals surface area contributed by atoms with E-state index in [4.69, 9.17) is 14.0 Å². The molecule has 2 rings (SSSR count). The summed E-state index contributed by atoms with van der Waals surface area (Å²) in [6, 6.07) is 2.59. The highest BCUT2D eigenvalue weighted by atomic mass is 19.4. The van der Waals surface area contributed by atoms with Crippen LogP contribution in [0.3, 0.4) is 0 Å². The van der Waals surface area contributed by atoms with Gasteiger partial charge >= 0.3 is 19.4 Å². The molecule has 0 aliphatic carbocycles. The third-order valence-electron chi connectivity index (χ3n) is 5.04. The Hall–Kier alpha value is -2.07. The van der Waals surface area contributed by atoms with Crippen molar-refractivity contribution >= 4 is 19.3 Å². The SMILES string of the molecule is CC(C)(C)OC(=O)NCC(=Cc1ccc(C(F)(F)F)c(F)c1)B1OC(C)(C)C(C)(C)O1. The topological polar surface area (TPSA) is 56.8 Å². The second-order valence-corrected chi connectivity index (χ2v) is 9.40. The van der Waals surface area contributed by atoms with E-state index >= 15 is 0 Å². The summed E-state index contributed by atoms with van der Waals surface area (Å²) < 4.78 is 69.7. The summed E-state index contributed by atoms with van der Waals surface area (Å²) in [5.74, 6) is -1.39. The normalized spacial score (nSPS) is 18.8. The summed E-state index contributed by atoms with van der Waals surface area (Å²) in [6.07, 6.45) is -4.05. The first-order valence-corrected chi connectivity index (χ1v) is 9.81. The number of alkyl halides is 3. The van der Waals surface area contributed by atoms with Crippen LogP contribution in [0.25, 0.3) is 6.08 Å². The zero-order valence-electron chi connectivity index (χ0n) is 18.7. The van der Waals surface area contributed by atoms with Gasteiger partial charge in [-0.3, -0.25) is 0 Å². The molecule has 0 unspecified atom stereocenters. The van der Waals surface area contributed by atoms with Gasteiger partial charge < -0.3 is 19.4 Å². The van der Waals surface area contributed by atoms with Crippen molar-refractivity contribution in [3.8, 4) is 0 Å². The van der Waals surface area contributed by atoms with E-state index in [0.717, 1.165) is 12.1 Å². The maximum absolute atomic E-state index is 14.0. The number of hydrogen-bond acceptors (Lipinski definition) is 4. The number of nitrogens with one attached hydrogen (secondary N) is 1. The van der Waals surface area contributed by atoms with Gasteiger partial charge in [0.1, 0.15) is 11.4 Å². The summed E-state index contributed by atoms with van der Waals surface area (Å²) in [7, 11) is -0.898. The molecule has 31 heavy (non-hydrogen) atoms. The van der Waals surface area contributed by atoms with Crippen molar-refractivity contribution in [2.45, 2.75) is 71.4 Å². The molecule has 0 spiro atoms. The Bertz CT molecular complexity index is 844. The quantitative estimate of drug-likeness (QED) is 0.499. The molecule has 0 aromatic heterocycles. The number of alkyl carbamates (subject to hydrolysis) is 1. The van der Waals surface area contributed by atoms with Crippen molar-refractivity contribution in [2.75, 3.05) is 6.54 Å². The molecule has 1 amide bonds. The predicted octanol–water partition coefficient (Wildman–Crippen LogP) is 5.38. The number of rotatable bonds is 4. The molecule has 1 aromatic rings. The largest absolute Gasteiger partial charge is 0.492 e. The first-order valence-electron chi connectivity index (χ1n) is 9.81. The molecule has 1 saturated heterocycles.